The van der Waals surface area contributed by atoms with E-state index in [0.717, 1.165) is 5.69 Å². The van der Waals surface area contributed by atoms with Gasteiger partial charge in [0.1, 0.15) is 0 Å². The standard InChI is InChI=1S/C8H8ClN5/c9-8-5-4-7(12-13-8)3-1-2-6-11-14-10/h1,3-5H,2,6H2. The van der Waals surface area contributed by atoms with Crippen molar-refractivity contribution in [1.29, 1.82) is 0 Å². The van der Waals surface area contributed by atoms with Gasteiger partial charge in [-0.2, -0.15) is 0 Å². The lowest BCUT2D eigenvalue weighted by Crippen LogP contribution is -1.84. The third-order valence-electron chi connectivity index (χ3n) is 1.40. The van der Waals surface area contributed by atoms with Crippen molar-refractivity contribution in [1.82, 2.24) is 10.2 Å². The second-order valence-electron chi connectivity index (χ2n) is 2.43. The number of nitrogens with zero attached hydrogens (tertiary/aromatic N) is 5. The lowest BCUT2D eigenvalue weighted by molar-refractivity contribution is 0.989. The molecule has 0 spiro atoms. The molecule has 1 aromatic rings. The van der Waals surface area contributed by atoms with E-state index in [1.165, 1.54) is 0 Å². The fourth-order valence-corrected chi connectivity index (χ4v) is 0.897. The van der Waals surface area contributed by atoms with Gasteiger partial charge in [-0.05, 0) is 30.2 Å². The largest absolute Gasteiger partial charge is 0.151 e. The van der Waals surface area contributed by atoms with Gasteiger partial charge in [-0.25, -0.2) is 0 Å². The summed E-state index contributed by atoms with van der Waals surface area (Å²) in [5, 5.41) is 11.3. The zero-order chi connectivity index (χ0) is 10.2. The first-order valence-corrected chi connectivity index (χ1v) is 4.37. The van der Waals surface area contributed by atoms with Crippen molar-refractivity contribution in [2.75, 3.05) is 6.54 Å². The van der Waals surface area contributed by atoms with Gasteiger partial charge >= 0.3 is 0 Å². The molecular weight excluding hydrogens is 202 g/mol. The molecular formula is C8H8ClN5. The van der Waals surface area contributed by atoms with Crippen molar-refractivity contribution >= 4 is 17.7 Å². The Morgan fingerprint density at radius 1 is 1.50 bits per heavy atom. The van der Waals surface area contributed by atoms with Crippen LogP contribution >= 0.6 is 11.6 Å². The normalized spacial score (nSPS) is 10.1. The lowest BCUT2D eigenvalue weighted by Gasteiger charge is -1.90. The maximum atomic E-state index is 8.01. The average molecular weight is 210 g/mol. The molecule has 1 aromatic heterocycles. The smallest absolute Gasteiger partial charge is 0.150 e. The molecule has 0 atom stereocenters. The number of hydrogen-bond acceptors (Lipinski definition) is 3. The molecule has 0 fully saturated rings. The maximum Gasteiger partial charge on any atom is 0.151 e. The molecule has 0 N–H and O–H groups in total. The molecule has 14 heavy (non-hydrogen) atoms. The van der Waals surface area contributed by atoms with Gasteiger partial charge < -0.3 is 0 Å². The third-order valence-corrected chi connectivity index (χ3v) is 1.60. The van der Waals surface area contributed by atoms with Crippen LogP contribution in [0.2, 0.25) is 5.15 Å². The molecule has 0 saturated carbocycles. The minimum absolute atomic E-state index is 0.372. The van der Waals surface area contributed by atoms with Crippen LogP contribution in [0.25, 0.3) is 16.5 Å². The fourth-order valence-electron chi connectivity index (χ4n) is 0.796. The Hall–Kier alpha value is -1.58. The monoisotopic (exact) mass is 209 g/mol. The topological polar surface area (TPSA) is 74.5 Å². The second kappa shape index (κ2) is 5.96. The van der Waals surface area contributed by atoms with Crippen molar-refractivity contribution in [2.24, 2.45) is 5.11 Å². The predicted molar refractivity (Wildman–Crippen MR) is 54.7 cm³/mol. The van der Waals surface area contributed by atoms with Crippen LogP contribution in [0.4, 0.5) is 0 Å². The fraction of sp³-hybridized carbons (Fsp3) is 0.250. The number of halogens is 1. The molecule has 1 rings (SSSR count). The molecule has 0 amide bonds. The third kappa shape index (κ3) is 3.89. The minimum atomic E-state index is 0.372. The summed E-state index contributed by atoms with van der Waals surface area (Å²) in [5.41, 5.74) is 8.74. The molecule has 5 nitrogen and oxygen atoms in total. The number of rotatable bonds is 4. The van der Waals surface area contributed by atoms with Crippen LogP contribution in [0.5, 0.6) is 0 Å². The summed E-state index contributed by atoms with van der Waals surface area (Å²) < 4.78 is 0. The van der Waals surface area contributed by atoms with Crippen LogP contribution in [-0.4, -0.2) is 16.7 Å². The van der Waals surface area contributed by atoms with Crippen LogP contribution in [0.15, 0.2) is 23.3 Å². The number of aromatic nitrogens is 2. The van der Waals surface area contributed by atoms with Crippen LogP contribution < -0.4 is 0 Å². The van der Waals surface area contributed by atoms with Gasteiger partial charge in [-0.3, -0.25) is 0 Å². The summed E-state index contributed by atoms with van der Waals surface area (Å²) >= 11 is 5.56. The van der Waals surface area contributed by atoms with Crippen molar-refractivity contribution in [3.8, 4) is 0 Å². The Balaban J connectivity index is 2.43. The van der Waals surface area contributed by atoms with E-state index in [1.54, 1.807) is 18.2 Å². The van der Waals surface area contributed by atoms with Crippen molar-refractivity contribution in [3.63, 3.8) is 0 Å². The lowest BCUT2D eigenvalue weighted by atomic mass is 10.3. The molecule has 0 aliphatic rings. The summed E-state index contributed by atoms with van der Waals surface area (Å²) in [6.07, 6.45) is 4.36. The zero-order valence-corrected chi connectivity index (χ0v) is 8.09. The summed E-state index contributed by atoms with van der Waals surface area (Å²) in [7, 11) is 0. The highest BCUT2D eigenvalue weighted by Crippen LogP contribution is 2.03. The molecule has 0 aliphatic carbocycles. The predicted octanol–water partition coefficient (Wildman–Crippen LogP) is 2.84. The van der Waals surface area contributed by atoms with E-state index < -0.39 is 0 Å². The van der Waals surface area contributed by atoms with Gasteiger partial charge in [-0.15, -0.1) is 10.2 Å². The Morgan fingerprint density at radius 2 is 2.36 bits per heavy atom. The van der Waals surface area contributed by atoms with Crippen molar-refractivity contribution in [3.05, 3.63) is 39.5 Å². The summed E-state index contributed by atoms with van der Waals surface area (Å²) in [4.78, 5) is 2.64. The molecule has 0 aromatic carbocycles. The van der Waals surface area contributed by atoms with Crippen molar-refractivity contribution < 1.29 is 0 Å². The molecule has 1 heterocycles. The van der Waals surface area contributed by atoms with E-state index in [-0.39, 0.29) is 0 Å². The molecule has 0 radical (unpaired) electrons. The second-order valence-corrected chi connectivity index (χ2v) is 2.81. The van der Waals surface area contributed by atoms with Gasteiger partial charge in [-0.1, -0.05) is 22.8 Å². The average Bonchev–Trinajstić information content (AvgIpc) is 2.21. The van der Waals surface area contributed by atoms with E-state index in [0.29, 0.717) is 18.1 Å². The quantitative estimate of drug-likeness (QED) is 0.331. The van der Waals surface area contributed by atoms with Crippen molar-refractivity contribution in [2.45, 2.75) is 6.42 Å². The Bertz CT molecular complexity index is 352. The number of azide groups is 1. The van der Waals surface area contributed by atoms with Gasteiger partial charge in [0, 0.05) is 11.5 Å². The highest BCUT2D eigenvalue weighted by Gasteiger charge is 1.89. The Labute approximate surface area is 86.0 Å². The summed E-state index contributed by atoms with van der Waals surface area (Å²) in [5.74, 6) is 0. The van der Waals surface area contributed by atoms with E-state index in [1.807, 2.05) is 6.08 Å². The first-order valence-electron chi connectivity index (χ1n) is 3.99. The summed E-state index contributed by atoms with van der Waals surface area (Å²) in [6.45, 7) is 0.452. The van der Waals surface area contributed by atoms with E-state index >= 15 is 0 Å². The highest BCUT2D eigenvalue weighted by atomic mass is 35.5. The zero-order valence-electron chi connectivity index (χ0n) is 7.34. The van der Waals surface area contributed by atoms with Crippen LogP contribution in [0.3, 0.4) is 0 Å². The first-order chi connectivity index (χ1) is 6.83. The Kier molecular flexibility index (Phi) is 4.47. The maximum absolute atomic E-state index is 8.01. The molecule has 0 bridgehead atoms. The van der Waals surface area contributed by atoms with Crippen LogP contribution in [0, 0.1) is 0 Å². The van der Waals surface area contributed by atoms with Gasteiger partial charge in [0.05, 0.1) is 5.69 Å². The van der Waals surface area contributed by atoms with Gasteiger partial charge in [0.2, 0.25) is 0 Å². The van der Waals surface area contributed by atoms with E-state index in [9.17, 15) is 0 Å². The van der Waals surface area contributed by atoms with E-state index in [4.69, 9.17) is 17.1 Å². The van der Waals surface area contributed by atoms with E-state index in [2.05, 4.69) is 20.2 Å². The number of hydrogen-bond donors (Lipinski definition) is 0. The molecule has 0 unspecified atom stereocenters. The first kappa shape index (κ1) is 10.5. The van der Waals surface area contributed by atoms with Crippen LogP contribution in [-0.2, 0) is 0 Å². The molecule has 0 saturated heterocycles. The molecule has 6 heteroatoms. The Morgan fingerprint density at radius 3 is 3.00 bits per heavy atom. The van der Waals surface area contributed by atoms with Gasteiger partial charge in [0.25, 0.3) is 0 Å². The molecule has 0 aliphatic heterocycles. The molecule has 72 valence electrons. The summed E-state index contributed by atoms with van der Waals surface area (Å²) in [6, 6.07) is 3.43. The highest BCUT2D eigenvalue weighted by molar-refractivity contribution is 6.29. The van der Waals surface area contributed by atoms with Crippen LogP contribution in [0.1, 0.15) is 12.1 Å². The minimum Gasteiger partial charge on any atom is -0.150 e. The van der Waals surface area contributed by atoms with Gasteiger partial charge in [0.15, 0.2) is 5.15 Å². The SMILES string of the molecule is [N-]=[N+]=NCCC=Cc1ccc(Cl)nn1.